The zero-order valence-corrected chi connectivity index (χ0v) is 23.2. The van der Waals surface area contributed by atoms with E-state index in [-0.39, 0.29) is 0 Å². The lowest BCUT2D eigenvalue weighted by Gasteiger charge is -2.19. The highest BCUT2D eigenvalue weighted by Crippen LogP contribution is 2.45. The van der Waals surface area contributed by atoms with E-state index in [1.165, 1.54) is 106 Å². The lowest BCUT2D eigenvalue weighted by molar-refractivity contribution is 0.524. The van der Waals surface area contributed by atoms with Crippen LogP contribution in [0.15, 0.2) is 40.0 Å². The number of benzene rings is 1. The van der Waals surface area contributed by atoms with Gasteiger partial charge in [-0.2, -0.15) is 0 Å². The number of nitrogens with one attached hydrogen (secondary N) is 1. The molecule has 2 aromatic rings. The molecule has 186 valence electrons. The number of nitrogens with zero attached hydrogens (tertiary/aromatic N) is 1. The van der Waals surface area contributed by atoms with E-state index < -0.39 is 0 Å². The quantitative estimate of drug-likeness (QED) is 0.463. The van der Waals surface area contributed by atoms with Gasteiger partial charge in [0, 0.05) is 28.8 Å². The summed E-state index contributed by atoms with van der Waals surface area (Å²) in [5, 5.41) is 0. The monoisotopic (exact) mass is 468 g/mol. The molecule has 2 heterocycles. The third-order valence-electron chi connectivity index (χ3n) is 9.46. The summed E-state index contributed by atoms with van der Waals surface area (Å²) in [6.07, 6.45) is 7.93. The van der Waals surface area contributed by atoms with Gasteiger partial charge in [-0.1, -0.05) is 57.2 Å². The lowest BCUT2D eigenvalue weighted by Crippen LogP contribution is -2.16. The van der Waals surface area contributed by atoms with Crippen molar-refractivity contribution in [3.8, 4) is 0 Å². The fourth-order valence-electron chi connectivity index (χ4n) is 7.40. The van der Waals surface area contributed by atoms with E-state index in [1.807, 2.05) is 0 Å². The third-order valence-corrected chi connectivity index (χ3v) is 9.46. The molecule has 0 amide bonds. The maximum Gasteiger partial charge on any atom is 0.0765 e. The highest BCUT2D eigenvalue weighted by molar-refractivity contribution is 6.08. The van der Waals surface area contributed by atoms with Crippen molar-refractivity contribution in [1.82, 2.24) is 4.98 Å². The molecular formula is C33H44N2. The second-order valence-electron chi connectivity index (χ2n) is 12.1. The van der Waals surface area contributed by atoms with Gasteiger partial charge >= 0.3 is 0 Å². The molecule has 4 unspecified atom stereocenters. The predicted molar refractivity (Wildman–Crippen MR) is 150 cm³/mol. The molecule has 0 spiro atoms. The van der Waals surface area contributed by atoms with Gasteiger partial charge in [-0.05, 0) is 106 Å². The van der Waals surface area contributed by atoms with Crippen molar-refractivity contribution in [2.24, 2.45) is 22.7 Å². The SMILES string of the molecule is CC1=C(C)C(=C(c2[nH]c(C3CCCC3C)cc2C)c2c(C)cc(C)cc2C)N=C1C1CCCC1C. The van der Waals surface area contributed by atoms with Gasteiger partial charge in [-0.25, -0.2) is 0 Å². The van der Waals surface area contributed by atoms with Gasteiger partial charge in [0.15, 0.2) is 0 Å². The second-order valence-corrected chi connectivity index (χ2v) is 12.1. The number of rotatable bonds is 4. The van der Waals surface area contributed by atoms with Crippen molar-refractivity contribution in [1.29, 1.82) is 0 Å². The maximum atomic E-state index is 5.51. The Morgan fingerprint density at radius 1 is 0.743 bits per heavy atom. The van der Waals surface area contributed by atoms with Gasteiger partial charge in [-0.3, -0.25) is 4.99 Å². The molecule has 5 rings (SSSR count). The van der Waals surface area contributed by atoms with E-state index in [0.29, 0.717) is 11.8 Å². The van der Waals surface area contributed by atoms with Crippen LogP contribution >= 0.6 is 0 Å². The Morgan fingerprint density at radius 3 is 1.91 bits per heavy atom. The molecule has 1 aromatic heterocycles. The molecule has 0 bridgehead atoms. The first-order chi connectivity index (χ1) is 16.7. The van der Waals surface area contributed by atoms with Crippen LogP contribution in [0.4, 0.5) is 0 Å². The lowest BCUT2D eigenvalue weighted by atomic mass is 9.87. The molecule has 1 N–H and O–H groups in total. The van der Waals surface area contributed by atoms with E-state index in [0.717, 1.165) is 11.8 Å². The molecule has 2 fully saturated rings. The number of allylic oxidation sites excluding steroid dienone is 2. The topological polar surface area (TPSA) is 28.1 Å². The minimum Gasteiger partial charge on any atom is -0.358 e. The Labute approximate surface area is 213 Å². The number of aromatic nitrogens is 1. The van der Waals surface area contributed by atoms with Crippen molar-refractivity contribution in [3.63, 3.8) is 0 Å². The number of hydrogen-bond acceptors (Lipinski definition) is 1. The van der Waals surface area contributed by atoms with Gasteiger partial charge in [0.1, 0.15) is 0 Å². The Hall–Kier alpha value is -2.35. The van der Waals surface area contributed by atoms with Gasteiger partial charge in [0.25, 0.3) is 0 Å². The minimum absolute atomic E-state index is 0.601. The predicted octanol–water partition coefficient (Wildman–Crippen LogP) is 9.14. The van der Waals surface area contributed by atoms with E-state index >= 15 is 0 Å². The molecule has 4 atom stereocenters. The summed E-state index contributed by atoms with van der Waals surface area (Å²) in [5.74, 6) is 2.73. The van der Waals surface area contributed by atoms with E-state index in [4.69, 9.17) is 4.99 Å². The number of aromatic amines is 1. The summed E-state index contributed by atoms with van der Waals surface area (Å²) < 4.78 is 0. The summed E-state index contributed by atoms with van der Waals surface area (Å²) in [7, 11) is 0. The average Bonchev–Trinajstić information content (AvgIpc) is 3.55. The molecule has 1 aromatic carbocycles. The van der Waals surface area contributed by atoms with Crippen LogP contribution in [0, 0.1) is 45.4 Å². The summed E-state index contributed by atoms with van der Waals surface area (Å²) in [5.41, 5.74) is 16.1. The van der Waals surface area contributed by atoms with E-state index in [2.05, 4.69) is 78.6 Å². The van der Waals surface area contributed by atoms with Crippen molar-refractivity contribution in [3.05, 3.63) is 74.2 Å². The third kappa shape index (κ3) is 4.17. The molecule has 2 saturated carbocycles. The van der Waals surface area contributed by atoms with Crippen LogP contribution < -0.4 is 0 Å². The van der Waals surface area contributed by atoms with Crippen LogP contribution in [0.2, 0.25) is 0 Å². The number of aryl methyl sites for hydroxylation is 4. The standard InChI is InChI=1S/C33H44N2/c1-18-15-21(4)29(22(5)16-18)30(31-23(6)17-28(34-31)26-13-9-11-19(26)2)33-25(8)24(7)32(35-33)27-14-10-12-20(27)3/h15-17,19-20,26-27,34H,9-14H2,1-8H3. The van der Waals surface area contributed by atoms with Crippen LogP contribution in [0.5, 0.6) is 0 Å². The van der Waals surface area contributed by atoms with Crippen molar-refractivity contribution < 1.29 is 0 Å². The first kappa shape index (κ1) is 24.3. The molecule has 2 nitrogen and oxygen atoms in total. The molecular weight excluding hydrogens is 424 g/mol. The van der Waals surface area contributed by atoms with E-state index in [9.17, 15) is 0 Å². The Bertz CT molecular complexity index is 1220. The van der Waals surface area contributed by atoms with Crippen molar-refractivity contribution >= 4 is 11.3 Å². The average molecular weight is 469 g/mol. The Morgan fingerprint density at radius 2 is 1.34 bits per heavy atom. The zero-order valence-electron chi connectivity index (χ0n) is 23.2. The van der Waals surface area contributed by atoms with Crippen molar-refractivity contribution in [2.45, 2.75) is 99.8 Å². The van der Waals surface area contributed by atoms with Crippen LogP contribution in [0.25, 0.3) is 5.57 Å². The summed E-state index contributed by atoms with van der Waals surface area (Å²) in [4.78, 5) is 9.48. The first-order valence-corrected chi connectivity index (χ1v) is 14.0. The normalized spacial score (nSPS) is 28.3. The zero-order chi connectivity index (χ0) is 25.0. The largest absolute Gasteiger partial charge is 0.358 e. The number of aliphatic imine (C=N–C) groups is 1. The molecule has 2 aliphatic carbocycles. The van der Waals surface area contributed by atoms with Crippen LogP contribution in [0.1, 0.15) is 111 Å². The molecule has 3 aliphatic rings. The van der Waals surface area contributed by atoms with E-state index in [1.54, 1.807) is 0 Å². The Balaban J connectivity index is 1.75. The fourth-order valence-corrected chi connectivity index (χ4v) is 7.40. The highest BCUT2D eigenvalue weighted by Gasteiger charge is 2.34. The highest BCUT2D eigenvalue weighted by atomic mass is 14.8. The van der Waals surface area contributed by atoms with Gasteiger partial charge in [-0.15, -0.1) is 0 Å². The summed E-state index contributed by atoms with van der Waals surface area (Å²) in [6.45, 7) is 18.5. The Kier molecular flexibility index (Phi) is 6.45. The maximum absolute atomic E-state index is 5.51. The van der Waals surface area contributed by atoms with Crippen molar-refractivity contribution in [2.75, 3.05) is 0 Å². The van der Waals surface area contributed by atoms with Crippen LogP contribution in [-0.2, 0) is 0 Å². The number of hydrogen-bond donors (Lipinski definition) is 1. The van der Waals surface area contributed by atoms with Gasteiger partial charge in [0.2, 0.25) is 0 Å². The van der Waals surface area contributed by atoms with Crippen LogP contribution in [-0.4, -0.2) is 10.7 Å². The minimum atomic E-state index is 0.601. The number of H-pyrrole nitrogens is 1. The fraction of sp³-hybridized carbons (Fsp3) is 0.545. The molecule has 1 aliphatic heterocycles. The summed E-state index contributed by atoms with van der Waals surface area (Å²) in [6, 6.07) is 7.11. The summed E-state index contributed by atoms with van der Waals surface area (Å²) >= 11 is 0. The van der Waals surface area contributed by atoms with Gasteiger partial charge < -0.3 is 4.98 Å². The molecule has 0 radical (unpaired) electrons. The smallest absolute Gasteiger partial charge is 0.0765 e. The second kappa shape index (κ2) is 9.26. The molecule has 0 saturated heterocycles. The van der Waals surface area contributed by atoms with Gasteiger partial charge in [0.05, 0.1) is 11.4 Å². The first-order valence-electron chi connectivity index (χ1n) is 14.0. The molecule has 2 heteroatoms. The van der Waals surface area contributed by atoms with Crippen LogP contribution in [0.3, 0.4) is 0 Å². The molecule has 35 heavy (non-hydrogen) atoms.